The molecule has 1 amide bonds. The van der Waals surface area contributed by atoms with Crippen LogP contribution in [0.1, 0.15) is 26.2 Å². The molecule has 1 heterocycles. The number of carbonyl (C=O) groups is 1. The van der Waals surface area contributed by atoms with Crippen molar-refractivity contribution in [1.82, 2.24) is 9.88 Å². The van der Waals surface area contributed by atoms with Crippen LogP contribution in [0.2, 0.25) is 5.02 Å². The molecule has 1 unspecified atom stereocenters. The molecule has 126 valence electrons. The number of nitriles is 1. The van der Waals surface area contributed by atoms with Gasteiger partial charge in [-0.15, -0.1) is 0 Å². The first-order valence-electron chi connectivity index (χ1n) is 7.92. The third-order valence-electron chi connectivity index (χ3n) is 3.69. The Morgan fingerprint density at radius 1 is 1.46 bits per heavy atom. The number of nitrogens with zero attached hydrogens (tertiary/aromatic N) is 3. The van der Waals surface area contributed by atoms with Gasteiger partial charge in [0.05, 0.1) is 23.2 Å². The van der Waals surface area contributed by atoms with Crippen molar-refractivity contribution in [2.75, 3.05) is 13.1 Å². The summed E-state index contributed by atoms with van der Waals surface area (Å²) in [5.41, 5.74) is 0.780. The van der Waals surface area contributed by atoms with Crippen molar-refractivity contribution in [1.29, 1.82) is 5.26 Å². The SMILES string of the molecule is CCN(CC(C)C#N)C(=O)CCc1ncc(-c2ccccc2Cl)o1. The Bertz CT molecular complexity index is 736. The second kappa shape index (κ2) is 8.51. The quantitative estimate of drug-likeness (QED) is 0.762. The zero-order chi connectivity index (χ0) is 17.5. The van der Waals surface area contributed by atoms with Gasteiger partial charge in [-0.3, -0.25) is 4.79 Å². The topological polar surface area (TPSA) is 70.1 Å². The van der Waals surface area contributed by atoms with Crippen LogP contribution in [-0.2, 0) is 11.2 Å². The van der Waals surface area contributed by atoms with Crippen LogP contribution in [0.15, 0.2) is 34.9 Å². The van der Waals surface area contributed by atoms with E-state index in [0.717, 1.165) is 5.56 Å². The molecule has 0 aliphatic carbocycles. The summed E-state index contributed by atoms with van der Waals surface area (Å²) in [5, 5.41) is 9.47. The minimum absolute atomic E-state index is 0.00269. The van der Waals surface area contributed by atoms with Crippen LogP contribution < -0.4 is 0 Å². The molecule has 0 spiro atoms. The fourth-order valence-corrected chi connectivity index (χ4v) is 2.59. The Kier molecular flexibility index (Phi) is 6.39. The van der Waals surface area contributed by atoms with Gasteiger partial charge in [0.15, 0.2) is 11.7 Å². The minimum Gasteiger partial charge on any atom is -0.441 e. The molecule has 0 bridgehead atoms. The van der Waals surface area contributed by atoms with Crippen molar-refractivity contribution in [3.63, 3.8) is 0 Å². The van der Waals surface area contributed by atoms with E-state index in [1.807, 2.05) is 25.1 Å². The predicted molar refractivity (Wildman–Crippen MR) is 92.3 cm³/mol. The zero-order valence-corrected chi connectivity index (χ0v) is 14.6. The lowest BCUT2D eigenvalue weighted by Gasteiger charge is -2.21. The first kappa shape index (κ1) is 18.0. The molecule has 0 N–H and O–H groups in total. The van der Waals surface area contributed by atoms with Gasteiger partial charge in [-0.25, -0.2) is 4.98 Å². The van der Waals surface area contributed by atoms with Crippen LogP contribution >= 0.6 is 11.6 Å². The third-order valence-corrected chi connectivity index (χ3v) is 4.02. The van der Waals surface area contributed by atoms with Crippen LogP contribution in [0.4, 0.5) is 0 Å². The molecule has 2 rings (SSSR count). The van der Waals surface area contributed by atoms with Crippen molar-refractivity contribution in [3.05, 3.63) is 41.4 Å². The highest BCUT2D eigenvalue weighted by Crippen LogP contribution is 2.28. The fourth-order valence-electron chi connectivity index (χ4n) is 2.36. The van der Waals surface area contributed by atoms with E-state index < -0.39 is 0 Å². The first-order valence-corrected chi connectivity index (χ1v) is 8.30. The average Bonchev–Trinajstić information content (AvgIpc) is 3.06. The van der Waals surface area contributed by atoms with Crippen LogP contribution in [-0.4, -0.2) is 28.9 Å². The molecule has 0 fully saturated rings. The molecule has 0 aliphatic heterocycles. The summed E-state index contributed by atoms with van der Waals surface area (Å²) >= 11 is 6.14. The first-order chi connectivity index (χ1) is 11.5. The van der Waals surface area contributed by atoms with Crippen molar-refractivity contribution < 1.29 is 9.21 Å². The molecular weight excluding hydrogens is 326 g/mol. The number of amides is 1. The van der Waals surface area contributed by atoms with Crippen molar-refractivity contribution in [3.8, 4) is 17.4 Å². The third kappa shape index (κ3) is 4.59. The summed E-state index contributed by atoms with van der Waals surface area (Å²) in [6, 6.07) is 9.53. The summed E-state index contributed by atoms with van der Waals surface area (Å²) < 4.78 is 5.70. The highest BCUT2D eigenvalue weighted by Gasteiger charge is 2.16. The maximum absolute atomic E-state index is 12.3. The number of rotatable bonds is 7. The highest BCUT2D eigenvalue weighted by molar-refractivity contribution is 6.33. The number of aromatic nitrogens is 1. The summed E-state index contributed by atoms with van der Waals surface area (Å²) in [6.45, 7) is 4.74. The fraction of sp³-hybridized carbons (Fsp3) is 0.389. The Morgan fingerprint density at radius 2 is 2.21 bits per heavy atom. The second-order valence-corrected chi connectivity index (χ2v) is 5.97. The molecule has 0 aliphatic rings. The van der Waals surface area contributed by atoms with Crippen molar-refractivity contribution in [2.24, 2.45) is 5.92 Å². The van der Waals surface area contributed by atoms with Crippen LogP contribution in [0.5, 0.6) is 0 Å². The van der Waals surface area contributed by atoms with E-state index in [0.29, 0.717) is 42.6 Å². The number of benzene rings is 1. The Labute approximate surface area is 146 Å². The number of hydrogen-bond acceptors (Lipinski definition) is 4. The highest BCUT2D eigenvalue weighted by atomic mass is 35.5. The van der Waals surface area contributed by atoms with E-state index in [-0.39, 0.29) is 11.8 Å². The Balaban J connectivity index is 1.97. The van der Waals surface area contributed by atoms with Gasteiger partial charge < -0.3 is 9.32 Å². The number of carbonyl (C=O) groups excluding carboxylic acids is 1. The van der Waals surface area contributed by atoms with Gasteiger partial charge in [-0.05, 0) is 26.0 Å². The molecule has 6 heteroatoms. The maximum atomic E-state index is 12.3. The van der Waals surface area contributed by atoms with E-state index in [9.17, 15) is 4.79 Å². The van der Waals surface area contributed by atoms with Crippen molar-refractivity contribution >= 4 is 17.5 Å². The molecule has 0 saturated carbocycles. The largest absolute Gasteiger partial charge is 0.441 e. The molecule has 0 saturated heterocycles. The lowest BCUT2D eigenvalue weighted by Crippen LogP contribution is -2.34. The van der Waals surface area contributed by atoms with Gasteiger partial charge >= 0.3 is 0 Å². The summed E-state index contributed by atoms with van der Waals surface area (Å²) in [4.78, 5) is 18.2. The zero-order valence-electron chi connectivity index (χ0n) is 13.8. The van der Waals surface area contributed by atoms with E-state index in [1.165, 1.54) is 0 Å². The van der Waals surface area contributed by atoms with Crippen LogP contribution in [0, 0.1) is 17.2 Å². The molecule has 24 heavy (non-hydrogen) atoms. The average molecular weight is 346 g/mol. The lowest BCUT2D eigenvalue weighted by molar-refractivity contribution is -0.131. The van der Waals surface area contributed by atoms with E-state index in [2.05, 4.69) is 11.1 Å². The normalized spacial score (nSPS) is 11.8. The summed E-state index contributed by atoms with van der Waals surface area (Å²) in [7, 11) is 0. The van der Waals surface area contributed by atoms with E-state index in [1.54, 1.807) is 24.1 Å². The van der Waals surface area contributed by atoms with Gasteiger partial charge in [0.2, 0.25) is 5.91 Å². The monoisotopic (exact) mass is 345 g/mol. The number of halogens is 1. The smallest absolute Gasteiger partial charge is 0.223 e. The van der Waals surface area contributed by atoms with Gasteiger partial charge in [0.25, 0.3) is 0 Å². The second-order valence-electron chi connectivity index (χ2n) is 5.56. The van der Waals surface area contributed by atoms with Crippen LogP contribution in [0.25, 0.3) is 11.3 Å². The van der Waals surface area contributed by atoms with Gasteiger partial charge in [0, 0.05) is 31.5 Å². The molecule has 2 aromatic rings. The minimum atomic E-state index is -0.178. The molecule has 1 aromatic heterocycles. The lowest BCUT2D eigenvalue weighted by atomic mass is 10.2. The van der Waals surface area contributed by atoms with Crippen molar-refractivity contribution in [2.45, 2.75) is 26.7 Å². The van der Waals surface area contributed by atoms with E-state index >= 15 is 0 Å². The summed E-state index contributed by atoms with van der Waals surface area (Å²) in [6.07, 6.45) is 2.34. The predicted octanol–water partition coefficient (Wildman–Crippen LogP) is 3.94. The van der Waals surface area contributed by atoms with E-state index in [4.69, 9.17) is 21.3 Å². The maximum Gasteiger partial charge on any atom is 0.223 e. The van der Waals surface area contributed by atoms with Gasteiger partial charge in [0.1, 0.15) is 0 Å². The van der Waals surface area contributed by atoms with Crippen LogP contribution in [0.3, 0.4) is 0 Å². The molecular formula is C18H20ClN3O2. The molecule has 1 aromatic carbocycles. The molecule has 0 radical (unpaired) electrons. The number of aryl methyl sites for hydroxylation is 1. The summed E-state index contributed by atoms with van der Waals surface area (Å²) in [5.74, 6) is 0.913. The van der Waals surface area contributed by atoms with Gasteiger partial charge in [-0.1, -0.05) is 23.7 Å². The Morgan fingerprint density at radius 3 is 2.88 bits per heavy atom. The Hall–Kier alpha value is -2.32. The molecule has 5 nitrogen and oxygen atoms in total. The molecule has 1 atom stereocenters. The number of hydrogen-bond donors (Lipinski definition) is 0. The van der Waals surface area contributed by atoms with Gasteiger partial charge in [-0.2, -0.15) is 5.26 Å². The number of oxazole rings is 1. The standard InChI is InChI=1S/C18H20ClN3O2/c1-3-22(12-13(2)10-20)18(23)9-8-17-21-11-16(24-17)14-6-4-5-7-15(14)19/h4-7,11,13H,3,8-9,12H2,1-2H3.